The minimum absolute atomic E-state index is 0.268. The molecular weight excluding hydrogens is 258 g/mol. The maximum Gasteiger partial charge on any atom is 0.336 e. The van der Waals surface area contributed by atoms with Gasteiger partial charge in [0.2, 0.25) is 0 Å². The van der Waals surface area contributed by atoms with E-state index in [2.05, 4.69) is 10.1 Å². The van der Waals surface area contributed by atoms with Crippen LogP contribution < -0.4 is 10.4 Å². The Bertz CT molecular complexity index is 800. The summed E-state index contributed by atoms with van der Waals surface area (Å²) in [4.78, 5) is 15.4. The lowest BCUT2D eigenvalue weighted by molar-refractivity contribution is 0.295. The highest BCUT2D eigenvalue weighted by atomic mass is 16.5. The van der Waals surface area contributed by atoms with Gasteiger partial charge in [-0.1, -0.05) is 0 Å². The van der Waals surface area contributed by atoms with E-state index < -0.39 is 0 Å². The van der Waals surface area contributed by atoms with Crippen LogP contribution >= 0.6 is 0 Å². The minimum atomic E-state index is -0.378. The van der Waals surface area contributed by atoms with Gasteiger partial charge in [0.25, 0.3) is 0 Å². The fourth-order valence-corrected chi connectivity index (χ4v) is 1.87. The molecule has 0 bridgehead atoms. The molecule has 0 amide bonds. The van der Waals surface area contributed by atoms with Gasteiger partial charge in [0.1, 0.15) is 23.8 Å². The highest BCUT2D eigenvalue weighted by molar-refractivity contribution is 5.77. The summed E-state index contributed by atoms with van der Waals surface area (Å²) in [5.74, 6) is 2.05. The van der Waals surface area contributed by atoms with Crippen molar-refractivity contribution in [3.63, 3.8) is 0 Å². The zero-order chi connectivity index (χ0) is 14.1. The van der Waals surface area contributed by atoms with Crippen molar-refractivity contribution in [2.24, 2.45) is 7.05 Å². The summed E-state index contributed by atoms with van der Waals surface area (Å²) in [6.07, 6.45) is 0. The molecule has 3 rings (SSSR count). The number of hydrogen-bond donors (Lipinski definition) is 0. The van der Waals surface area contributed by atoms with Crippen LogP contribution in [0, 0.1) is 6.92 Å². The third-order valence-corrected chi connectivity index (χ3v) is 2.99. The highest BCUT2D eigenvalue weighted by Gasteiger charge is 2.05. The first-order chi connectivity index (χ1) is 9.61. The van der Waals surface area contributed by atoms with Gasteiger partial charge in [-0.25, -0.2) is 9.78 Å². The number of benzene rings is 1. The molecule has 1 aromatic carbocycles. The van der Waals surface area contributed by atoms with Crippen LogP contribution in [0.5, 0.6) is 5.75 Å². The first kappa shape index (κ1) is 12.4. The lowest BCUT2D eigenvalue weighted by atomic mass is 10.2. The van der Waals surface area contributed by atoms with Gasteiger partial charge >= 0.3 is 5.63 Å². The average Bonchev–Trinajstić information content (AvgIpc) is 2.75. The Morgan fingerprint density at radius 3 is 2.85 bits per heavy atom. The van der Waals surface area contributed by atoms with Gasteiger partial charge < -0.3 is 9.15 Å². The Morgan fingerprint density at radius 2 is 2.10 bits per heavy atom. The molecule has 0 aliphatic rings. The van der Waals surface area contributed by atoms with E-state index in [0.29, 0.717) is 17.2 Å². The first-order valence-corrected chi connectivity index (χ1v) is 6.15. The van der Waals surface area contributed by atoms with Crippen molar-refractivity contribution in [3.8, 4) is 5.75 Å². The average molecular weight is 271 g/mol. The standard InChI is InChI=1S/C14H13N3O3/c1-9-15-13(16-17(9)2)8-19-11-5-3-10-4-6-14(18)20-12(10)7-11/h3-7H,8H2,1-2H3. The number of nitrogens with zero attached hydrogens (tertiary/aromatic N) is 3. The lowest BCUT2D eigenvalue weighted by Gasteiger charge is -2.04. The Labute approximate surface area is 114 Å². The number of fused-ring (bicyclic) bond motifs is 1. The van der Waals surface area contributed by atoms with Crippen LogP contribution in [0.15, 0.2) is 39.5 Å². The van der Waals surface area contributed by atoms with Gasteiger partial charge in [0.05, 0.1) is 0 Å². The zero-order valence-corrected chi connectivity index (χ0v) is 11.2. The van der Waals surface area contributed by atoms with Crippen LogP contribution in [0.1, 0.15) is 11.6 Å². The van der Waals surface area contributed by atoms with Crippen LogP contribution in [-0.4, -0.2) is 14.8 Å². The number of rotatable bonds is 3. The van der Waals surface area contributed by atoms with Crippen LogP contribution in [0.2, 0.25) is 0 Å². The summed E-state index contributed by atoms with van der Waals surface area (Å²) in [5, 5.41) is 5.06. The number of hydrogen-bond acceptors (Lipinski definition) is 5. The van der Waals surface area contributed by atoms with Gasteiger partial charge in [0, 0.05) is 24.6 Å². The predicted octanol–water partition coefficient (Wildman–Crippen LogP) is 1.81. The fraction of sp³-hybridized carbons (Fsp3) is 0.214. The van der Waals surface area contributed by atoms with E-state index >= 15 is 0 Å². The molecular formula is C14H13N3O3. The molecule has 0 unspecified atom stereocenters. The molecule has 6 heteroatoms. The van der Waals surface area contributed by atoms with Gasteiger partial charge in [-0.05, 0) is 25.1 Å². The van der Waals surface area contributed by atoms with Gasteiger partial charge in [-0.2, -0.15) is 5.10 Å². The highest BCUT2D eigenvalue weighted by Crippen LogP contribution is 2.20. The number of aromatic nitrogens is 3. The van der Waals surface area contributed by atoms with Crippen molar-refractivity contribution in [1.82, 2.24) is 14.8 Å². The summed E-state index contributed by atoms with van der Waals surface area (Å²) in [7, 11) is 1.83. The van der Waals surface area contributed by atoms with E-state index in [-0.39, 0.29) is 12.2 Å². The summed E-state index contributed by atoms with van der Waals surface area (Å²) >= 11 is 0. The molecule has 0 atom stereocenters. The molecule has 2 aromatic heterocycles. The molecule has 0 aliphatic heterocycles. The van der Waals surface area contributed by atoms with Gasteiger partial charge in [-0.3, -0.25) is 4.68 Å². The molecule has 0 radical (unpaired) electrons. The van der Waals surface area contributed by atoms with Crippen LogP contribution in [0.4, 0.5) is 0 Å². The van der Waals surface area contributed by atoms with Crippen molar-refractivity contribution >= 4 is 11.0 Å². The normalized spacial score (nSPS) is 10.9. The quantitative estimate of drug-likeness (QED) is 0.679. The minimum Gasteiger partial charge on any atom is -0.485 e. The molecule has 102 valence electrons. The molecule has 2 heterocycles. The molecule has 20 heavy (non-hydrogen) atoms. The molecule has 0 saturated carbocycles. The van der Waals surface area contributed by atoms with E-state index in [4.69, 9.17) is 9.15 Å². The largest absolute Gasteiger partial charge is 0.485 e. The SMILES string of the molecule is Cc1nc(COc2ccc3ccc(=O)oc3c2)nn1C. The number of aryl methyl sites for hydroxylation is 2. The second kappa shape index (κ2) is 4.80. The third-order valence-electron chi connectivity index (χ3n) is 2.99. The Hall–Kier alpha value is -2.63. The lowest BCUT2D eigenvalue weighted by Crippen LogP contribution is -1.99. The van der Waals surface area contributed by atoms with E-state index in [1.54, 1.807) is 16.8 Å². The van der Waals surface area contributed by atoms with E-state index in [1.165, 1.54) is 6.07 Å². The van der Waals surface area contributed by atoms with E-state index in [0.717, 1.165) is 11.2 Å². The van der Waals surface area contributed by atoms with Crippen molar-refractivity contribution in [2.75, 3.05) is 0 Å². The fourth-order valence-electron chi connectivity index (χ4n) is 1.87. The Balaban J connectivity index is 1.82. The second-order valence-corrected chi connectivity index (χ2v) is 4.44. The van der Waals surface area contributed by atoms with Crippen molar-refractivity contribution in [1.29, 1.82) is 0 Å². The molecule has 6 nitrogen and oxygen atoms in total. The van der Waals surface area contributed by atoms with Crippen LogP contribution in [-0.2, 0) is 13.7 Å². The monoisotopic (exact) mass is 271 g/mol. The van der Waals surface area contributed by atoms with Crippen molar-refractivity contribution in [2.45, 2.75) is 13.5 Å². The molecule has 0 saturated heterocycles. The van der Waals surface area contributed by atoms with Gasteiger partial charge in [-0.15, -0.1) is 0 Å². The van der Waals surface area contributed by atoms with E-state index in [1.807, 2.05) is 26.1 Å². The summed E-state index contributed by atoms with van der Waals surface area (Å²) in [6, 6.07) is 8.45. The van der Waals surface area contributed by atoms with Crippen molar-refractivity contribution < 1.29 is 9.15 Å². The summed E-state index contributed by atoms with van der Waals surface area (Å²) in [6.45, 7) is 2.14. The van der Waals surface area contributed by atoms with Crippen LogP contribution in [0.3, 0.4) is 0 Å². The number of ether oxygens (including phenoxy) is 1. The first-order valence-electron chi connectivity index (χ1n) is 6.15. The van der Waals surface area contributed by atoms with Gasteiger partial charge in [0.15, 0.2) is 5.82 Å². The Morgan fingerprint density at radius 1 is 1.30 bits per heavy atom. The molecule has 0 N–H and O–H groups in total. The Kier molecular flexibility index (Phi) is 2.98. The summed E-state index contributed by atoms with van der Waals surface area (Å²) < 4.78 is 12.4. The topological polar surface area (TPSA) is 70.2 Å². The summed E-state index contributed by atoms with van der Waals surface area (Å²) in [5.41, 5.74) is 0.122. The third kappa shape index (κ3) is 2.40. The molecule has 3 aromatic rings. The van der Waals surface area contributed by atoms with Crippen LogP contribution in [0.25, 0.3) is 11.0 Å². The second-order valence-electron chi connectivity index (χ2n) is 4.44. The van der Waals surface area contributed by atoms with E-state index in [9.17, 15) is 4.79 Å². The molecule has 0 fully saturated rings. The van der Waals surface area contributed by atoms with Crippen molar-refractivity contribution in [3.05, 3.63) is 52.4 Å². The smallest absolute Gasteiger partial charge is 0.336 e. The predicted molar refractivity (Wildman–Crippen MR) is 72.6 cm³/mol. The maximum absolute atomic E-state index is 11.2. The molecule has 0 aliphatic carbocycles. The maximum atomic E-state index is 11.2. The zero-order valence-electron chi connectivity index (χ0n) is 11.2. The molecule has 0 spiro atoms.